The molecule has 0 heterocycles. The quantitative estimate of drug-likeness (QED) is 0.745. The van der Waals surface area contributed by atoms with Gasteiger partial charge >= 0.3 is 0 Å². The molecule has 1 rings (SSSR count). The lowest BCUT2D eigenvalue weighted by atomic mass is 9.87. The van der Waals surface area contributed by atoms with Gasteiger partial charge in [0.15, 0.2) is 0 Å². The van der Waals surface area contributed by atoms with E-state index < -0.39 is 10.1 Å². The Labute approximate surface area is 129 Å². The summed E-state index contributed by atoms with van der Waals surface area (Å²) in [6, 6.07) is 3.90. The van der Waals surface area contributed by atoms with E-state index in [0.29, 0.717) is 5.92 Å². The maximum Gasteiger partial charge on any atom is 0.295 e. The van der Waals surface area contributed by atoms with E-state index in [4.69, 9.17) is 0 Å². The van der Waals surface area contributed by atoms with E-state index in [1.54, 1.807) is 0 Å². The zero-order valence-corrected chi connectivity index (χ0v) is 14.8. The lowest BCUT2D eigenvalue weighted by Gasteiger charge is -2.23. The number of benzene rings is 1. The van der Waals surface area contributed by atoms with Crippen molar-refractivity contribution in [3.05, 3.63) is 28.8 Å². The topological polar surface area (TPSA) is 54.4 Å². The van der Waals surface area contributed by atoms with Crippen LogP contribution in [-0.4, -0.2) is 13.0 Å². The summed E-state index contributed by atoms with van der Waals surface area (Å²) in [5.74, 6) is 0.526. The van der Waals surface area contributed by atoms with Crippen LogP contribution in [0.5, 0.6) is 0 Å². The van der Waals surface area contributed by atoms with E-state index >= 15 is 0 Å². The Morgan fingerprint density at radius 1 is 0.952 bits per heavy atom. The third kappa shape index (κ3) is 4.07. The maximum atomic E-state index is 12.0. The molecule has 21 heavy (non-hydrogen) atoms. The smallest absolute Gasteiger partial charge is 0.282 e. The molecule has 1 aromatic carbocycles. The molecule has 1 aromatic rings. The lowest BCUT2D eigenvalue weighted by molar-refractivity contribution is 0.477. The molecule has 2 unspecified atom stereocenters. The fraction of sp³-hybridized carbons (Fsp3) is 0.647. The van der Waals surface area contributed by atoms with Gasteiger partial charge in [-0.2, -0.15) is 8.42 Å². The summed E-state index contributed by atoms with van der Waals surface area (Å²) in [7, 11) is -4.22. The fourth-order valence-corrected chi connectivity index (χ4v) is 3.62. The van der Waals surface area contributed by atoms with Crippen molar-refractivity contribution in [2.24, 2.45) is 0 Å². The first kappa shape index (κ1) is 18.2. The molecule has 0 aliphatic heterocycles. The molecule has 4 heteroatoms. The number of hydrogen-bond acceptors (Lipinski definition) is 2. The molecular weight excluding hydrogens is 284 g/mol. The van der Waals surface area contributed by atoms with Crippen LogP contribution in [0.15, 0.2) is 17.0 Å². The van der Waals surface area contributed by atoms with Gasteiger partial charge in [0.05, 0.1) is 0 Å². The summed E-state index contributed by atoms with van der Waals surface area (Å²) in [4.78, 5) is 0.135. The van der Waals surface area contributed by atoms with Crippen LogP contribution < -0.4 is 0 Å². The Morgan fingerprint density at radius 2 is 1.33 bits per heavy atom. The summed E-state index contributed by atoms with van der Waals surface area (Å²) < 4.78 is 33.6. The first-order valence-electron chi connectivity index (χ1n) is 7.78. The van der Waals surface area contributed by atoms with E-state index in [-0.39, 0.29) is 16.7 Å². The highest BCUT2D eigenvalue weighted by molar-refractivity contribution is 7.86. The maximum absolute atomic E-state index is 12.0. The molecule has 0 amide bonds. The van der Waals surface area contributed by atoms with Gasteiger partial charge in [-0.25, -0.2) is 0 Å². The molecule has 0 radical (unpaired) electrons. The van der Waals surface area contributed by atoms with E-state index in [9.17, 15) is 13.0 Å². The number of hydrogen-bond donors (Lipinski definition) is 1. The molecule has 2 atom stereocenters. The first-order chi connectivity index (χ1) is 9.63. The van der Waals surface area contributed by atoms with Gasteiger partial charge in [-0.15, -0.1) is 0 Å². The molecule has 0 aromatic heterocycles. The van der Waals surface area contributed by atoms with Crippen molar-refractivity contribution in [2.45, 2.75) is 77.0 Å². The van der Waals surface area contributed by atoms with Gasteiger partial charge in [-0.1, -0.05) is 53.7 Å². The van der Waals surface area contributed by atoms with Gasteiger partial charge < -0.3 is 0 Å². The molecule has 120 valence electrons. The lowest BCUT2D eigenvalue weighted by Crippen LogP contribution is -2.13. The van der Waals surface area contributed by atoms with Crippen molar-refractivity contribution >= 4 is 10.1 Å². The highest BCUT2D eigenvalue weighted by Gasteiger charge is 2.26. The summed E-state index contributed by atoms with van der Waals surface area (Å²) >= 11 is 0. The van der Waals surface area contributed by atoms with Crippen molar-refractivity contribution in [1.82, 2.24) is 0 Å². The second-order valence-electron chi connectivity index (χ2n) is 6.28. The minimum Gasteiger partial charge on any atom is -0.282 e. The second kappa shape index (κ2) is 6.93. The Balaban J connectivity index is 3.77. The van der Waals surface area contributed by atoms with Gasteiger partial charge in [0.25, 0.3) is 10.1 Å². The molecule has 0 aliphatic rings. The van der Waals surface area contributed by atoms with E-state index in [1.807, 2.05) is 39.8 Å². The largest absolute Gasteiger partial charge is 0.295 e. The zero-order valence-electron chi connectivity index (χ0n) is 14.0. The Hall–Kier alpha value is -0.870. The van der Waals surface area contributed by atoms with Gasteiger partial charge in [0, 0.05) is 0 Å². The minimum absolute atomic E-state index is 0.100. The zero-order chi connectivity index (χ0) is 16.4. The van der Waals surface area contributed by atoms with Gasteiger partial charge in [-0.05, 0) is 47.3 Å². The van der Waals surface area contributed by atoms with Crippen molar-refractivity contribution in [3.8, 4) is 0 Å². The highest BCUT2D eigenvalue weighted by Crippen LogP contribution is 2.36. The monoisotopic (exact) mass is 312 g/mol. The summed E-state index contributed by atoms with van der Waals surface area (Å²) in [5, 5.41) is 0. The van der Waals surface area contributed by atoms with Gasteiger partial charge in [0.2, 0.25) is 0 Å². The molecule has 0 spiro atoms. The standard InChI is InChI=1S/C17H28O3S/c1-7-12(5)15-9-14(11(3)4)10-16(13(6)8-2)17(15)21(18,19)20/h9-13H,7-8H2,1-6H3,(H,18,19,20). The minimum atomic E-state index is -4.22. The summed E-state index contributed by atoms with van der Waals surface area (Å²) in [6.07, 6.45) is 1.67. The second-order valence-corrected chi connectivity index (χ2v) is 7.64. The molecule has 1 N–H and O–H groups in total. The van der Waals surface area contributed by atoms with E-state index in [0.717, 1.165) is 29.5 Å². The number of rotatable bonds is 6. The Kier molecular flexibility index (Phi) is 6.00. The van der Waals surface area contributed by atoms with Crippen LogP contribution in [0.25, 0.3) is 0 Å². The Bertz CT molecular complexity index is 557. The van der Waals surface area contributed by atoms with Crippen LogP contribution in [0.1, 0.15) is 88.8 Å². The van der Waals surface area contributed by atoms with Crippen LogP contribution in [0.4, 0.5) is 0 Å². The van der Waals surface area contributed by atoms with Crippen molar-refractivity contribution in [1.29, 1.82) is 0 Å². The fourth-order valence-electron chi connectivity index (χ4n) is 2.50. The van der Waals surface area contributed by atoms with Crippen LogP contribution in [-0.2, 0) is 10.1 Å². The predicted molar refractivity (Wildman–Crippen MR) is 87.8 cm³/mol. The third-order valence-corrected chi connectivity index (χ3v) is 5.37. The summed E-state index contributed by atoms with van der Waals surface area (Å²) in [5.41, 5.74) is 2.64. The van der Waals surface area contributed by atoms with Crippen molar-refractivity contribution in [3.63, 3.8) is 0 Å². The molecule has 0 saturated heterocycles. The molecular formula is C17H28O3S. The van der Waals surface area contributed by atoms with Crippen LogP contribution in [0.2, 0.25) is 0 Å². The average Bonchev–Trinajstić information content (AvgIpc) is 2.42. The van der Waals surface area contributed by atoms with Gasteiger partial charge in [0.1, 0.15) is 4.90 Å². The highest BCUT2D eigenvalue weighted by atomic mass is 32.2. The predicted octanol–water partition coefficient (Wildman–Crippen LogP) is 5.08. The SMILES string of the molecule is CCC(C)c1cc(C(C)C)cc(C(C)CC)c1S(=O)(=O)O. The molecule has 0 fully saturated rings. The first-order valence-corrected chi connectivity index (χ1v) is 9.22. The average molecular weight is 312 g/mol. The molecule has 3 nitrogen and oxygen atoms in total. The van der Waals surface area contributed by atoms with Crippen molar-refractivity contribution < 1.29 is 13.0 Å². The van der Waals surface area contributed by atoms with E-state index in [2.05, 4.69) is 13.8 Å². The van der Waals surface area contributed by atoms with Crippen LogP contribution >= 0.6 is 0 Å². The third-order valence-electron chi connectivity index (χ3n) is 4.38. The van der Waals surface area contributed by atoms with Crippen LogP contribution in [0, 0.1) is 0 Å². The normalized spacial score (nSPS) is 15.2. The summed E-state index contributed by atoms with van der Waals surface area (Å²) in [6.45, 7) is 12.3. The van der Waals surface area contributed by atoms with Crippen LogP contribution in [0.3, 0.4) is 0 Å². The van der Waals surface area contributed by atoms with E-state index in [1.165, 1.54) is 0 Å². The molecule has 0 aliphatic carbocycles. The van der Waals surface area contributed by atoms with Crippen molar-refractivity contribution in [2.75, 3.05) is 0 Å². The van der Waals surface area contributed by atoms with Gasteiger partial charge in [-0.3, -0.25) is 4.55 Å². The Morgan fingerprint density at radius 3 is 1.57 bits per heavy atom. The molecule has 0 saturated carbocycles. The molecule has 0 bridgehead atoms.